The van der Waals surface area contributed by atoms with Crippen LogP contribution in [-0.4, -0.2) is 26.8 Å². The standard InChI is InChI=1S/C13H11BrFN3O3/c1-7(18-6-8(5-16-18)13(20)21)12(19)17-11-3-2-9(14)4-10(11)15/h2-7H,1H3,(H,17,19)(H,20,21). The number of carbonyl (C=O) groups is 2. The van der Waals surface area contributed by atoms with Crippen molar-refractivity contribution < 1.29 is 19.1 Å². The Kier molecular flexibility index (Phi) is 4.37. The second-order valence-electron chi connectivity index (χ2n) is 4.30. The fraction of sp³-hybridized carbons (Fsp3) is 0.154. The minimum Gasteiger partial charge on any atom is -0.478 e. The first kappa shape index (κ1) is 15.2. The predicted octanol–water partition coefficient (Wildman–Crippen LogP) is 2.68. The number of amides is 1. The smallest absolute Gasteiger partial charge is 0.338 e. The molecule has 2 aromatic rings. The number of aromatic carboxylic acids is 1. The maximum atomic E-state index is 13.6. The highest BCUT2D eigenvalue weighted by atomic mass is 79.9. The molecule has 0 saturated carbocycles. The number of hydrogen-bond donors (Lipinski definition) is 2. The van der Waals surface area contributed by atoms with Crippen LogP contribution in [0.15, 0.2) is 35.1 Å². The van der Waals surface area contributed by atoms with Crippen LogP contribution in [0, 0.1) is 5.82 Å². The summed E-state index contributed by atoms with van der Waals surface area (Å²) in [5.74, 6) is -2.21. The van der Waals surface area contributed by atoms with E-state index in [-0.39, 0.29) is 11.3 Å². The lowest BCUT2D eigenvalue weighted by atomic mass is 10.2. The molecule has 1 unspecified atom stereocenters. The van der Waals surface area contributed by atoms with Gasteiger partial charge >= 0.3 is 5.97 Å². The van der Waals surface area contributed by atoms with Crippen molar-refractivity contribution >= 4 is 33.5 Å². The number of carboxylic acids is 1. The summed E-state index contributed by atoms with van der Waals surface area (Å²) in [4.78, 5) is 22.8. The summed E-state index contributed by atoms with van der Waals surface area (Å²) in [5, 5.41) is 15.0. The third-order valence-corrected chi connectivity index (χ3v) is 3.31. The van der Waals surface area contributed by atoms with Crippen molar-refractivity contribution in [2.75, 3.05) is 5.32 Å². The summed E-state index contributed by atoms with van der Waals surface area (Å²) < 4.78 is 15.4. The molecule has 1 heterocycles. The van der Waals surface area contributed by atoms with E-state index in [4.69, 9.17) is 5.11 Å². The van der Waals surface area contributed by atoms with Crippen LogP contribution in [0.1, 0.15) is 23.3 Å². The molecule has 110 valence electrons. The van der Waals surface area contributed by atoms with Gasteiger partial charge in [-0.05, 0) is 25.1 Å². The van der Waals surface area contributed by atoms with E-state index in [1.165, 1.54) is 29.9 Å². The van der Waals surface area contributed by atoms with E-state index in [9.17, 15) is 14.0 Å². The van der Waals surface area contributed by atoms with Crippen molar-refractivity contribution in [3.05, 3.63) is 46.4 Å². The van der Waals surface area contributed by atoms with Gasteiger partial charge in [0.2, 0.25) is 5.91 Å². The number of hydrogen-bond acceptors (Lipinski definition) is 3. The molecule has 0 spiro atoms. The fourth-order valence-electron chi connectivity index (χ4n) is 1.61. The summed E-state index contributed by atoms with van der Waals surface area (Å²) in [5.41, 5.74) is 0.0186. The van der Waals surface area contributed by atoms with Crippen molar-refractivity contribution in [3.63, 3.8) is 0 Å². The van der Waals surface area contributed by atoms with Crippen LogP contribution < -0.4 is 5.32 Å². The highest BCUT2D eigenvalue weighted by molar-refractivity contribution is 9.10. The molecule has 0 radical (unpaired) electrons. The third-order valence-electron chi connectivity index (χ3n) is 2.81. The van der Waals surface area contributed by atoms with Crippen LogP contribution in [-0.2, 0) is 4.79 Å². The van der Waals surface area contributed by atoms with E-state index in [0.29, 0.717) is 4.47 Å². The lowest BCUT2D eigenvalue weighted by Gasteiger charge is -2.13. The van der Waals surface area contributed by atoms with E-state index in [2.05, 4.69) is 26.3 Å². The molecule has 0 fully saturated rings. The molecule has 0 aliphatic rings. The maximum absolute atomic E-state index is 13.6. The first-order valence-electron chi connectivity index (χ1n) is 5.92. The number of rotatable bonds is 4. The lowest BCUT2D eigenvalue weighted by Crippen LogP contribution is -2.24. The van der Waals surface area contributed by atoms with Crippen LogP contribution in [0.2, 0.25) is 0 Å². The molecule has 8 heteroatoms. The SMILES string of the molecule is CC(C(=O)Nc1ccc(Br)cc1F)n1cc(C(=O)O)cn1. The number of carbonyl (C=O) groups excluding carboxylic acids is 1. The van der Waals surface area contributed by atoms with E-state index in [1.54, 1.807) is 6.07 Å². The van der Waals surface area contributed by atoms with Gasteiger partial charge in [0.05, 0.1) is 17.4 Å². The van der Waals surface area contributed by atoms with Gasteiger partial charge in [0, 0.05) is 10.7 Å². The van der Waals surface area contributed by atoms with Gasteiger partial charge in [-0.2, -0.15) is 5.10 Å². The number of nitrogens with zero attached hydrogens (tertiary/aromatic N) is 2. The van der Waals surface area contributed by atoms with Gasteiger partial charge < -0.3 is 10.4 Å². The van der Waals surface area contributed by atoms with Crippen molar-refractivity contribution in [2.24, 2.45) is 0 Å². The molecular formula is C13H11BrFN3O3. The Labute approximate surface area is 127 Å². The number of carboxylic acid groups (broad SMARTS) is 1. The van der Waals surface area contributed by atoms with Gasteiger partial charge in [0.1, 0.15) is 11.9 Å². The summed E-state index contributed by atoms with van der Waals surface area (Å²) in [6.45, 7) is 1.53. The molecule has 1 atom stereocenters. The van der Waals surface area contributed by atoms with E-state index in [1.807, 2.05) is 0 Å². The monoisotopic (exact) mass is 355 g/mol. The van der Waals surface area contributed by atoms with Crippen LogP contribution in [0.4, 0.5) is 10.1 Å². The second kappa shape index (κ2) is 6.04. The number of aromatic nitrogens is 2. The number of benzene rings is 1. The molecule has 0 bridgehead atoms. The van der Waals surface area contributed by atoms with E-state index >= 15 is 0 Å². The average Bonchev–Trinajstić information content (AvgIpc) is 2.90. The normalized spacial score (nSPS) is 12.0. The van der Waals surface area contributed by atoms with Crippen molar-refractivity contribution in [1.29, 1.82) is 0 Å². The Morgan fingerprint density at radius 2 is 2.19 bits per heavy atom. The van der Waals surface area contributed by atoms with Gasteiger partial charge in [-0.1, -0.05) is 15.9 Å². The van der Waals surface area contributed by atoms with E-state index < -0.39 is 23.7 Å². The number of nitrogens with one attached hydrogen (secondary N) is 1. The van der Waals surface area contributed by atoms with Crippen LogP contribution in [0.25, 0.3) is 0 Å². The molecule has 0 saturated heterocycles. The zero-order valence-corrected chi connectivity index (χ0v) is 12.5. The summed E-state index contributed by atoms with van der Waals surface area (Å²) >= 11 is 3.12. The maximum Gasteiger partial charge on any atom is 0.338 e. The predicted molar refractivity (Wildman–Crippen MR) is 76.6 cm³/mol. The largest absolute Gasteiger partial charge is 0.478 e. The zero-order chi connectivity index (χ0) is 15.6. The van der Waals surface area contributed by atoms with Crippen LogP contribution in [0.5, 0.6) is 0 Å². The van der Waals surface area contributed by atoms with Crippen LogP contribution in [0.3, 0.4) is 0 Å². The zero-order valence-electron chi connectivity index (χ0n) is 10.9. The van der Waals surface area contributed by atoms with Gasteiger partial charge in [0.15, 0.2) is 0 Å². The lowest BCUT2D eigenvalue weighted by molar-refractivity contribution is -0.119. The highest BCUT2D eigenvalue weighted by Gasteiger charge is 2.18. The first-order valence-corrected chi connectivity index (χ1v) is 6.71. The molecule has 6 nitrogen and oxygen atoms in total. The number of anilines is 1. The molecule has 0 aliphatic carbocycles. The molecule has 2 N–H and O–H groups in total. The van der Waals surface area contributed by atoms with Crippen LogP contribution >= 0.6 is 15.9 Å². The Morgan fingerprint density at radius 1 is 1.48 bits per heavy atom. The second-order valence-corrected chi connectivity index (χ2v) is 5.22. The molecular weight excluding hydrogens is 345 g/mol. The number of halogens is 2. The minimum atomic E-state index is -1.13. The Hall–Kier alpha value is -2.22. The molecule has 2 rings (SSSR count). The van der Waals surface area contributed by atoms with Gasteiger partial charge in [0.25, 0.3) is 0 Å². The Balaban J connectivity index is 2.13. The minimum absolute atomic E-state index is 0.0236. The van der Waals surface area contributed by atoms with Crippen molar-refractivity contribution in [3.8, 4) is 0 Å². The molecule has 1 aromatic carbocycles. The third kappa shape index (κ3) is 3.46. The van der Waals surface area contributed by atoms with Gasteiger partial charge in [-0.25, -0.2) is 9.18 Å². The van der Waals surface area contributed by atoms with E-state index in [0.717, 1.165) is 6.20 Å². The molecule has 21 heavy (non-hydrogen) atoms. The fourth-order valence-corrected chi connectivity index (χ4v) is 1.94. The highest BCUT2D eigenvalue weighted by Crippen LogP contribution is 2.20. The average molecular weight is 356 g/mol. The molecule has 1 aromatic heterocycles. The van der Waals surface area contributed by atoms with Crippen molar-refractivity contribution in [2.45, 2.75) is 13.0 Å². The Morgan fingerprint density at radius 3 is 2.76 bits per heavy atom. The van der Waals surface area contributed by atoms with Crippen molar-refractivity contribution in [1.82, 2.24) is 9.78 Å². The first-order chi connectivity index (χ1) is 9.88. The van der Waals surface area contributed by atoms with Gasteiger partial charge in [-0.15, -0.1) is 0 Å². The summed E-state index contributed by atoms with van der Waals surface area (Å²) in [7, 11) is 0. The quantitative estimate of drug-likeness (QED) is 0.882. The summed E-state index contributed by atoms with van der Waals surface area (Å²) in [6, 6.07) is 3.48. The topological polar surface area (TPSA) is 84.2 Å². The summed E-state index contributed by atoms with van der Waals surface area (Å²) in [6.07, 6.45) is 2.39. The Bertz CT molecular complexity index is 702. The van der Waals surface area contributed by atoms with Gasteiger partial charge in [-0.3, -0.25) is 9.48 Å². The molecule has 0 aliphatic heterocycles. The molecule has 1 amide bonds.